The summed E-state index contributed by atoms with van der Waals surface area (Å²) in [6, 6.07) is 6.61. The summed E-state index contributed by atoms with van der Waals surface area (Å²) in [4.78, 5) is 21.6. The van der Waals surface area contributed by atoms with Crippen LogP contribution in [0.2, 0.25) is 0 Å². The maximum Gasteiger partial charge on any atom is 0.303 e. The van der Waals surface area contributed by atoms with Crippen molar-refractivity contribution in [2.45, 2.75) is 24.7 Å². The molecule has 0 spiro atoms. The van der Waals surface area contributed by atoms with E-state index in [2.05, 4.69) is 12.2 Å². The van der Waals surface area contributed by atoms with Gasteiger partial charge in [-0.3, -0.25) is 14.9 Å². The predicted octanol–water partition coefficient (Wildman–Crippen LogP) is 2.90. The van der Waals surface area contributed by atoms with Crippen molar-refractivity contribution in [3.05, 3.63) is 52.1 Å². The van der Waals surface area contributed by atoms with E-state index in [1.807, 2.05) is 6.07 Å². The van der Waals surface area contributed by atoms with Gasteiger partial charge in [-0.15, -0.1) is 0 Å². The van der Waals surface area contributed by atoms with Crippen LogP contribution in [-0.4, -0.2) is 16.0 Å². The summed E-state index contributed by atoms with van der Waals surface area (Å²) in [5, 5.41) is 20.0. The van der Waals surface area contributed by atoms with E-state index in [0.29, 0.717) is 5.92 Å². The molecule has 0 heterocycles. The number of hydrogen-bond donors (Lipinski definition) is 1. The Balaban J connectivity index is 2.02. The molecule has 1 saturated carbocycles. The first-order valence-corrected chi connectivity index (χ1v) is 6.67. The van der Waals surface area contributed by atoms with Gasteiger partial charge in [0.15, 0.2) is 0 Å². The summed E-state index contributed by atoms with van der Waals surface area (Å²) in [5.41, 5.74) is 0.596. The van der Waals surface area contributed by atoms with E-state index in [0.717, 1.165) is 18.4 Å². The average molecular weight is 273 g/mol. The molecule has 104 valence electrons. The van der Waals surface area contributed by atoms with Gasteiger partial charge in [0.05, 0.1) is 4.92 Å². The summed E-state index contributed by atoms with van der Waals surface area (Å²) in [7, 11) is 0. The average Bonchev–Trinajstić information content (AvgIpc) is 2.97. The van der Waals surface area contributed by atoms with Gasteiger partial charge >= 0.3 is 5.97 Å². The van der Waals surface area contributed by atoms with Crippen LogP contribution in [0.5, 0.6) is 0 Å². The molecular weight excluding hydrogens is 258 g/mol. The van der Waals surface area contributed by atoms with Gasteiger partial charge in [0.2, 0.25) is 0 Å². The third-order valence-electron chi connectivity index (χ3n) is 4.60. The normalized spacial score (nSPS) is 30.6. The lowest BCUT2D eigenvalue weighted by atomic mass is 9.71. The maximum atomic E-state index is 11.0. The molecule has 3 rings (SSSR count). The molecule has 0 saturated heterocycles. The number of aliphatic carboxylic acids is 1. The molecule has 5 heteroatoms. The number of non-ortho nitro benzene ring substituents is 1. The zero-order valence-electron chi connectivity index (χ0n) is 10.9. The summed E-state index contributed by atoms with van der Waals surface area (Å²) in [5.74, 6) is -0.378. The van der Waals surface area contributed by atoms with E-state index in [-0.39, 0.29) is 23.4 Å². The number of carbonyl (C=O) groups is 1. The number of hydrogen-bond acceptors (Lipinski definition) is 3. The van der Waals surface area contributed by atoms with Gasteiger partial charge in [-0.25, -0.2) is 0 Å². The molecular formula is C15H15NO4. The summed E-state index contributed by atoms with van der Waals surface area (Å²) in [6.45, 7) is 0. The summed E-state index contributed by atoms with van der Waals surface area (Å²) >= 11 is 0. The van der Waals surface area contributed by atoms with Crippen molar-refractivity contribution in [1.82, 2.24) is 0 Å². The Morgan fingerprint density at radius 3 is 2.95 bits per heavy atom. The minimum absolute atomic E-state index is 0.0250. The van der Waals surface area contributed by atoms with Gasteiger partial charge in [-0.1, -0.05) is 24.3 Å². The molecule has 1 aromatic carbocycles. The highest BCUT2D eigenvalue weighted by molar-refractivity contribution is 5.68. The second-order valence-electron chi connectivity index (χ2n) is 5.70. The van der Waals surface area contributed by atoms with E-state index >= 15 is 0 Å². The predicted molar refractivity (Wildman–Crippen MR) is 72.4 cm³/mol. The first-order valence-electron chi connectivity index (χ1n) is 6.67. The highest BCUT2D eigenvalue weighted by Gasteiger charge is 2.50. The SMILES string of the molecule is O=C(O)CC1CC2C=CC1(c1cccc([N+](=O)[O-])c1)C2. The number of fused-ring (bicyclic) bond motifs is 2. The lowest BCUT2D eigenvalue weighted by Crippen LogP contribution is -2.29. The number of allylic oxidation sites excluding steroid dienone is 2. The number of nitro groups is 1. The third-order valence-corrected chi connectivity index (χ3v) is 4.60. The Kier molecular flexibility index (Phi) is 2.85. The lowest BCUT2D eigenvalue weighted by Gasteiger charge is -2.32. The van der Waals surface area contributed by atoms with Gasteiger partial charge in [0.25, 0.3) is 5.69 Å². The van der Waals surface area contributed by atoms with Crippen LogP contribution < -0.4 is 0 Å². The molecule has 0 aromatic heterocycles. The van der Waals surface area contributed by atoms with Crippen LogP contribution in [0.1, 0.15) is 24.8 Å². The van der Waals surface area contributed by atoms with E-state index in [4.69, 9.17) is 5.11 Å². The minimum Gasteiger partial charge on any atom is -0.481 e. The smallest absolute Gasteiger partial charge is 0.303 e. The Hall–Kier alpha value is -2.17. The van der Waals surface area contributed by atoms with Gasteiger partial charge in [-0.05, 0) is 30.2 Å². The number of rotatable bonds is 4. The molecule has 3 unspecified atom stereocenters. The Morgan fingerprint density at radius 2 is 2.30 bits per heavy atom. The minimum atomic E-state index is -0.805. The van der Waals surface area contributed by atoms with Gasteiger partial charge in [0, 0.05) is 24.0 Å². The molecule has 5 nitrogen and oxygen atoms in total. The molecule has 20 heavy (non-hydrogen) atoms. The first kappa shape index (κ1) is 12.8. The largest absolute Gasteiger partial charge is 0.481 e. The Bertz CT molecular complexity index is 610. The van der Waals surface area contributed by atoms with Gasteiger partial charge in [-0.2, -0.15) is 0 Å². The fourth-order valence-electron chi connectivity index (χ4n) is 3.75. The van der Waals surface area contributed by atoms with Crippen LogP contribution in [0, 0.1) is 22.0 Å². The van der Waals surface area contributed by atoms with Gasteiger partial charge in [0.1, 0.15) is 0 Å². The molecule has 2 aliphatic carbocycles. The number of benzene rings is 1. The second kappa shape index (κ2) is 4.44. The third kappa shape index (κ3) is 1.90. The molecule has 0 radical (unpaired) electrons. The highest BCUT2D eigenvalue weighted by Crippen LogP contribution is 2.56. The zero-order valence-corrected chi connectivity index (χ0v) is 10.9. The maximum absolute atomic E-state index is 11.0. The van der Waals surface area contributed by atoms with Crippen LogP contribution in [-0.2, 0) is 10.2 Å². The van der Waals surface area contributed by atoms with Gasteiger partial charge < -0.3 is 5.11 Å². The van der Waals surface area contributed by atoms with Crippen molar-refractivity contribution >= 4 is 11.7 Å². The fourth-order valence-corrected chi connectivity index (χ4v) is 3.75. The van der Waals surface area contributed by atoms with Crippen molar-refractivity contribution in [3.63, 3.8) is 0 Å². The lowest BCUT2D eigenvalue weighted by molar-refractivity contribution is -0.385. The van der Waals surface area contributed by atoms with Crippen molar-refractivity contribution < 1.29 is 14.8 Å². The Morgan fingerprint density at radius 1 is 1.50 bits per heavy atom. The van der Waals surface area contributed by atoms with E-state index in [1.54, 1.807) is 12.1 Å². The number of nitrogens with zero attached hydrogens (tertiary/aromatic N) is 1. The topological polar surface area (TPSA) is 80.4 Å². The number of nitro benzene ring substituents is 1. The highest BCUT2D eigenvalue weighted by atomic mass is 16.6. The van der Waals surface area contributed by atoms with Crippen LogP contribution in [0.4, 0.5) is 5.69 Å². The fraction of sp³-hybridized carbons (Fsp3) is 0.400. The monoisotopic (exact) mass is 273 g/mol. The molecule has 2 aliphatic rings. The molecule has 1 fully saturated rings. The van der Waals surface area contributed by atoms with Crippen LogP contribution in [0.15, 0.2) is 36.4 Å². The summed E-state index contributed by atoms with van der Waals surface area (Å²) in [6.07, 6.45) is 6.02. The molecule has 2 bridgehead atoms. The molecule has 0 amide bonds. The second-order valence-corrected chi connectivity index (χ2v) is 5.70. The Labute approximate surface area is 116 Å². The van der Waals surface area contributed by atoms with Crippen LogP contribution in [0.25, 0.3) is 0 Å². The first-order chi connectivity index (χ1) is 9.51. The quantitative estimate of drug-likeness (QED) is 0.519. The van der Waals surface area contributed by atoms with E-state index in [9.17, 15) is 14.9 Å². The van der Waals surface area contributed by atoms with Crippen LogP contribution in [0.3, 0.4) is 0 Å². The van der Waals surface area contributed by atoms with E-state index < -0.39 is 10.9 Å². The van der Waals surface area contributed by atoms with Crippen molar-refractivity contribution in [2.24, 2.45) is 11.8 Å². The van der Waals surface area contributed by atoms with Crippen molar-refractivity contribution in [2.75, 3.05) is 0 Å². The van der Waals surface area contributed by atoms with Crippen molar-refractivity contribution in [3.8, 4) is 0 Å². The number of carboxylic acids is 1. The van der Waals surface area contributed by atoms with Crippen molar-refractivity contribution in [1.29, 1.82) is 0 Å². The molecule has 0 aliphatic heterocycles. The number of carboxylic acid groups (broad SMARTS) is 1. The zero-order chi connectivity index (χ0) is 14.3. The molecule has 1 aromatic rings. The van der Waals surface area contributed by atoms with E-state index in [1.165, 1.54) is 6.07 Å². The molecule has 1 N–H and O–H groups in total. The summed E-state index contributed by atoms with van der Waals surface area (Å²) < 4.78 is 0. The molecule has 3 atom stereocenters. The standard InChI is InChI=1S/C15H15NO4/c17-14(18)8-12-6-10-4-5-15(12,9-10)11-2-1-3-13(7-11)16(19)20/h1-5,7,10,12H,6,8-9H2,(H,17,18). The van der Waals surface area contributed by atoms with Crippen LogP contribution >= 0.6 is 0 Å².